The third kappa shape index (κ3) is 3.99. The van der Waals surface area contributed by atoms with Crippen LogP contribution in [-0.2, 0) is 16.1 Å². The Morgan fingerprint density at radius 1 is 1.16 bits per heavy atom. The Kier molecular flexibility index (Phi) is 5.03. The van der Waals surface area contributed by atoms with Crippen molar-refractivity contribution in [1.82, 2.24) is 10.6 Å². The number of carbonyl (C=O) groups is 2. The largest absolute Gasteiger partial charge is 0.445 e. The zero-order valence-corrected chi connectivity index (χ0v) is 14.4. The van der Waals surface area contributed by atoms with Gasteiger partial charge in [-0.1, -0.05) is 67.1 Å². The molecule has 5 heteroatoms. The number of nitrogens with one attached hydrogen (secondary N) is 2. The van der Waals surface area contributed by atoms with Gasteiger partial charge in [-0.05, 0) is 18.1 Å². The fraction of sp³-hybridized carbons (Fsp3) is 0.300. The first kappa shape index (κ1) is 17.0. The monoisotopic (exact) mass is 338 g/mol. The van der Waals surface area contributed by atoms with Crippen molar-refractivity contribution >= 4 is 12.0 Å². The summed E-state index contributed by atoms with van der Waals surface area (Å²) in [5.74, 6) is -0.394. The van der Waals surface area contributed by atoms with Gasteiger partial charge in [0.15, 0.2) is 0 Å². The van der Waals surface area contributed by atoms with Gasteiger partial charge in [0.05, 0.1) is 18.0 Å². The molecule has 0 spiro atoms. The van der Waals surface area contributed by atoms with E-state index in [-0.39, 0.29) is 30.5 Å². The minimum atomic E-state index is -0.519. The van der Waals surface area contributed by atoms with Crippen molar-refractivity contribution in [3.63, 3.8) is 0 Å². The van der Waals surface area contributed by atoms with Crippen molar-refractivity contribution in [2.45, 2.75) is 32.5 Å². The highest BCUT2D eigenvalue weighted by atomic mass is 16.5. The Morgan fingerprint density at radius 2 is 1.92 bits per heavy atom. The van der Waals surface area contributed by atoms with Crippen molar-refractivity contribution in [2.24, 2.45) is 5.92 Å². The van der Waals surface area contributed by atoms with E-state index in [0.29, 0.717) is 0 Å². The first-order valence-corrected chi connectivity index (χ1v) is 8.39. The maximum atomic E-state index is 12.2. The van der Waals surface area contributed by atoms with Gasteiger partial charge >= 0.3 is 6.09 Å². The van der Waals surface area contributed by atoms with Gasteiger partial charge in [0.2, 0.25) is 5.91 Å². The standard InChI is InChI=1S/C20H22N2O3/c1-13-7-6-10-16(11-13)18-17(14(2)19(23)21-18)22-20(24)25-12-15-8-4-3-5-9-15/h3-11,14,17-18H,12H2,1-2H3,(H,21,23)(H,22,24)/t14-,17+,18-/m1/s1. The number of amides is 2. The van der Waals surface area contributed by atoms with Crippen LogP contribution in [0.15, 0.2) is 54.6 Å². The van der Waals surface area contributed by atoms with E-state index >= 15 is 0 Å². The topological polar surface area (TPSA) is 67.4 Å². The van der Waals surface area contributed by atoms with Gasteiger partial charge in [0.1, 0.15) is 6.61 Å². The molecule has 0 aliphatic carbocycles. The fourth-order valence-electron chi connectivity index (χ4n) is 3.09. The van der Waals surface area contributed by atoms with E-state index in [9.17, 15) is 9.59 Å². The summed E-state index contributed by atoms with van der Waals surface area (Å²) in [7, 11) is 0. The average Bonchev–Trinajstić information content (AvgIpc) is 2.89. The molecule has 1 heterocycles. The number of hydrogen-bond donors (Lipinski definition) is 2. The van der Waals surface area contributed by atoms with Gasteiger partial charge < -0.3 is 15.4 Å². The van der Waals surface area contributed by atoms with Gasteiger partial charge in [-0.3, -0.25) is 4.79 Å². The molecular formula is C20H22N2O3. The number of carbonyl (C=O) groups excluding carboxylic acids is 2. The quantitative estimate of drug-likeness (QED) is 0.900. The first-order valence-electron chi connectivity index (χ1n) is 8.39. The Bertz CT molecular complexity index is 761. The van der Waals surface area contributed by atoms with Crippen LogP contribution in [0.3, 0.4) is 0 Å². The van der Waals surface area contributed by atoms with E-state index in [0.717, 1.165) is 16.7 Å². The molecular weight excluding hydrogens is 316 g/mol. The van der Waals surface area contributed by atoms with Crippen LogP contribution < -0.4 is 10.6 Å². The third-order valence-electron chi connectivity index (χ3n) is 4.51. The molecule has 0 unspecified atom stereocenters. The third-order valence-corrected chi connectivity index (χ3v) is 4.51. The second-order valence-electron chi connectivity index (χ2n) is 6.42. The van der Waals surface area contributed by atoms with Crippen LogP contribution in [0, 0.1) is 12.8 Å². The van der Waals surface area contributed by atoms with E-state index in [4.69, 9.17) is 4.74 Å². The smallest absolute Gasteiger partial charge is 0.407 e. The predicted molar refractivity (Wildman–Crippen MR) is 94.8 cm³/mol. The van der Waals surface area contributed by atoms with Crippen LogP contribution in [0.5, 0.6) is 0 Å². The molecule has 0 radical (unpaired) electrons. The molecule has 2 N–H and O–H groups in total. The Morgan fingerprint density at radius 3 is 2.64 bits per heavy atom. The maximum absolute atomic E-state index is 12.2. The van der Waals surface area contributed by atoms with Crippen LogP contribution in [0.2, 0.25) is 0 Å². The molecule has 2 aromatic carbocycles. The molecule has 25 heavy (non-hydrogen) atoms. The molecule has 1 saturated heterocycles. The SMILES string of the molecule is Cc1cccc([C@H]2NC(=O)[C@H](C)[C@@H]2NC(=O)OCc2ccccc2)c1. The van der Waals surface area contributed by atoms with Gasteiger partial charge in [-0.2, -0.15) is 0 Å². The zero-order valence-electron chi connectivity index (χ0n) is 14.4. The lowest BCUT2D eigenvalue weighted by molar-refractivity contribution is -0.122. The normalized spacial score (nSPS) is 22.3. The van der Waals surface area contributed by atoms with Crippen molar-refractivity contribution in [2.75, 3.05) is 0 Å². The van der Waals surface area contributed by atoms with E-state index in [2.05, 4.69) is 10.6 Å². The van der Waals surface area contributed by atoms with Gasteiger partial charge in [-0.15, -0.1) is 0 Å². The molecule has 0 aromatic heterocycles. The van der Waals surface area contributed by atoms with E-state index in [1.54, 1.807) is 0 Å². The number of benzene rings is 2. The maximum Gasteiger partial charge on any atom is 0.407 e. The molecule has 3 rings (SSSR count). The summed E-state index contributed by atoms with van der Waals surface area (Å²) < 4.78 is 5.29. The summed E-state index contributed by atoms with van der Waals surface area (Å²) in [4.78, 5) is 24.3. The lowest BCUT2D eigenvalue weighted by Gasteiger charge is -2.22. The van der Waals surface area contributed by atoms with Gasteiger partial charge in [0, 0.05) is 0 Å². The molecule has 2 aromatic rings. The Hall–Kier alpha value is -2.82. The molecule has 1 fully saturated rings. The van der Waals surface area contributed by atoms with Crippen molar-refractivity contribution in [3.8, 4) is 0 Å². The van der Waals surface area contributed by atoms with Crippen molar-refractivity contribution < 1.29 is 14.3 Å². The summed E-state index contributed by atoms with van der Waals surface area (Å²) in [5, 5.41) is 5.82. The minimum Gasteiger partial charge on any atom is -0.445 e. The summed E-state index contributed by atoms with van der Waals surface area (Å²) in [6.45, 7) is 4.01. The molecule has 0 bridgehead atoms. The molecule has 2 amide bonds. The zero-order chi connectivity index (χ0) is 17.8. The number of alkyl carbamates (subject to hydrolysis) is 1. The van der Waals surface area contributed by atoms with Gasteiger partial charge in [-0.25, -0.2) is 4.79 Å². The summed E-state index contributed by atoms with van der Waals surface area (Å²) >= 11 is 0. The summed E-state index contributed by atoms with van der Waals surface area (Å²) in [5.41, 5.74) is 3.00. The molecule has 1 aliphatic heterocycles. The average molecular weight is 338 g/mol. The molecule has 130 valence electrons. The van der Waals surface area contributed by atoms with E-state index in [1.165, 1.54) is 0 Å². The molecule has 1 aliphatic rings. The number of ether oxygens (including phenoxy) is 1. The van der Waals surface area contributed by atoms with Crippen LogP contribution in [0.1, 0.15) is 29.7 Å². The molecule has 3 atom stereocenters. The van der Waals surface area contributed by atoms with E-state index < -0.39 is 6.09 Å². The minimum absolute atomic E-state index is 0.0696. The fourth-order valence-corrected chi connectivity index (χ4v) is 3.09. The van der Waals surface area contributed by atoms with Gasteiger partial charge in [0.25, 0.3) is 0 Å². The lowest BCUT2D eigenvalue weighted by Crippen LogP contribution is -2.41. The van der Waals surface area contributed by atoms with Crippen LogP contribution in [-0.4, -0.2) is 18.0 Å². The Labute approximate surface area is 147 Å². The molecule has 5 nitrogen and oxygen atoms in total. The summed E-state index contributed by atoms with van der Waals surface area (Å²) in [6, 6.07) is 16.8. The van der Waals surface area contributed by atoms with Crippen molar-refractivity contribution in [1.29, 1.82) is 0 Å². The molecule has 0 saturated carbocycles. The predicted octanol–water partition coefficient (Wildman–Crippen LogP) is 3.10. The first-order chi connectivity index (χ1) is 12.0. The number of hydrogen-bond acceptors (Lipinski definition) is 3. The second-order valence-corrected chi connectivity index (χ2v) is 6.42. The second kappa shape index (κ2) is 7.38. The summed E-state index contributed by atoms with van der Waals surface area (Å²) in [6.07, 6.45) is -0.519. The highest BCUT2D eigenvalue weighted by molar-refractivity contribution is 5.83. The Balaban J connectivity index is 1.67. The van der Waals surface area contributed by atoms with Crippen LogP contribution >= 0.6 is 0 Å². The van der Waals surface area contributed by atoms with Crippen molar-refractivity contribution in [3.05, 3.63) is 71.3 Å². The van der Waals surface area contributed by atoms with Crippen LogP contribution in [0.25, 0.3) is 0 Å². The van der Waals surface area contributed by atoms with Crippen LogP contribution in [0.4, 0.5) is 4.79 Å². The lowest BCUT2D eigenvalue weighted by atomic mass is 9.94. The highest BCUT2D eigenvalue weighted by Crippen LogP contribution is 2.29. The van der Waals surface area contributed by atoms with E-state index in [1.807, 2.05) is 68.4 Å². The number of aryl methyl sites for hydroxylation is 1. The highest BCUT2D eigenvalue weighted by Gasteiger charge is 2.41. The number of rotatable bonds is 4.